The van der Waals surface area contributed by atoms with Crippen LogP contribution >= 0.6 is 0 Å². The number of benzene rings is 3. The van der Waals surface area contributed by atoms with E-state index in [0.29, 0.717) is 29.8 Å². The van der Waals surface area contributed by atoms with Gasteiger partial charge in [0.1, 0.15) is 23.9 Å². The van der Waals surface area contributed by atoms with Gasteiger partial charge in [-0.1, -0.05) is 67.4 Å². The lowest BCUT2D eigenvalue weighted by Crippen LogP contribution is -2.27. The molecule has 7 nitrogen and oxygen atoms in total. The summed E-state index contributed by atoms with van der Waals surface area (Å²) in [6.45, 7) is 0.732. The average molecular weight is 637 g/mol. The molecule has 0 aliphatic heterocycles. The Hall–Kier alpha value is -5.25. The molecule has 1 aliphatic rings. The van der Waals surface area contributed by atoms with Crippen LogP contribution in [0, 0.1) is 5.92 Å². The van der Waals surface area contributed by atoms with Crippen molar-refractivity contribution in [2.75, 3.05) is 0 Å². The fourth-order valence-electron chi connectivity index (χ4n) is 6.47. The average Bonchev–Trinajstić information content (AvgIpc) is 3.44. The van der Waals surface area contributed by atoms with E-state index in [1.54, 1.807) is 0 Å². The molecule has 7 rings (SSSR count). The summed E-state index contributed by atoms with van der Waals surface area (Å²) in [6, 6.07) is 27.6. The van der Waals surface area contributed by atoms with Crippen molar-refractivity contribution in [3.8, 4) is 16.9 Å². The molecular formula is C37H31F3N4O3. The van der Waals surface area contributed by atoms with Crippen LogP contribution in [0.15, 0.2) is 97.2 Å². The summed E-state index contributed by atoms with van der Waals surface area (Å²) >= 11 is 0. The van der Waals surface area contributed by atoms with Gasteiger partial charge in [-0.2, -0.15) is 13.2 Å². The molecule has 0 saturated heterocycles. The molecule has 1 aliphatic carbocycles. The number of aromatic nitrogens is 4. The molecule has 1 fully saturated rings. The minimum absolute atomic E-state index is 0.239. The first-order valence-electron chi connectivity index (χ1n) is 15.6. The van der Waals surface area contributed by atoms with E-state index in [-0.39, 0.29) is 12.5 Å². The van der Waals surface area contributed by atoms with Gasteiger partial charge in [0.25, 0.3) is 0 Å². The highest BCUT2D eigenvalue weighted by Crippen LogP contribution is 2.39. The van der Waals surface area contributed by atoms with Crippen molar-refractivity contribution in [1.29, 1.82) is 0 Å². The molecule has 1 saturated carbocycles. The Morgan fingerprint density at radius 3 is 2.43 bits per heavy atom. The van der Waals surface area contributed by atoms with Crippen LogP contribution in [0.25, 0.3) is 33.1 Å². The maximum atomic E-state index is 13.0. The molecule has 0 bridgehead atoms. The van der Waals surface area contributed by atoms with E-state index in [4.69, 9.17) is 14.7 Å². The van der Waals surface area contributed by atoms with E-state index in [2.05, 4.69) is 9.55 Å². The molecule has 47 heavy (non-hydrogen) atoms. The molecule has 2 unspecified atom stereocenters. The monoisotopic (exact) mass is 636 g/mol. The predicted octanol–water partition coefficient (Wildman–Crippen LogP) is 8.65. The van der Waals surface area contributed by atoms with Gasteiger partial charge >= 0.3 is 12.1 Å². The molecule has 0 amide bonds. The van der Waals surface area contributed by atoms with Crippen molar-refractivity contribution in [3.63, 3.8) is 0 Å². The zero-order valence-electron chi connectivity index (χ0n) is 25.3. The Morgan fingerprint density at radius 1 is 0.872 bits per heavy atom. The molecule has 10 heteroatoms. The van der Waals surface area contributed by atoms with Crippen LogP contribution in [-0.4, -0.2) is 30.6 Å². The van der Waals surface area contributed by atoms with Crippen LogP contribution < -0.4 is 4.74 Å². The largest absolute Gasteiger partial charge is 0.487 e. The number of rotatable bonds is 8. The van der Waals surface area contributed by atoms with E-state index < -0.39 is 23.8 Å². The Morgan fingerprint density at radius 2 is 1.66 bits per heavy atom. The van der Waals surface area contributed by atoms with Gasteiger partial charge in [0.15, 0.2) is 0 Å². The zero-order chi connectivity index (χ0) is 32.5. The van der Waals surface area contributed by atoms with Crippen LogP contribution in [0.3, 0.4) is 0 Å². The van der Waals surface area contributed by atoms with E-state index >= 15 is 0 Å². The number of hydrogen-bond donors (Lipinski definition) is 1. The second-order valence-corrected chi connectivity index (χ2v) is 12.0. The maximum Gasteiger partial charge on any atom is 0.433 e. The third-order valence-corrected chi connectivity index (χ3v) is 8.89. The van der Waals surface area contributed by atoms with Crippen molar-refractivity contribution in [2.24, 2.45) is 5.92 Å². The van der Waals surface area contributed by atoms with Gasteiger partial charge in [0.2, 0.25) is 0 Å². The number of pyridine rings is 2. The summed E-state index contributed by atoms with van der Waals surface area (Å²) in [7, 11) is 0. The summed E-state index contributed by atoms with van der Waals surface area (Å²) < 4.78 is 47.1. The number of halogens is 3. The van der Waals surface area contributed by atoms with Gasteiger partial charge < -0.3 is 14.4 Å². The summed E-state index contributed by atoms with van der Waals surface area (Å²) in [4.78, 5) is 25.6. The Kier molecular flexibility index (Phi) is 8.09. The lowest BCUT2D eigenvalue weighted by Gasteiger charge is -2.28. The van der Waals surface area contributed by atoms with Crippen molar-refractivity contribution < 1.29 is 27.8 Å². The predicted molar refractivity (Wildman–Crippen MR) is 172 cm³/mol. The smallest absolute Gasteiger partial charge is 0.433 e. The number of hydrogen-bond acceptors (Lipinski definition) is 5. The normalized spacial score (nSPS) is 16.8. The van der Waals surface area contributed by atoms with Gasteiger partial charge in [-0.25, -0.2) is 9.97 Å². The topological polar surface area (TPSA) is 90.1 Å². The zero-order valence-corrected chi connectivity index (χ0v) is 25.3. The Bertz CT molecular complexity index is 2060. The highest BCUT2D eigenvalue weighted by Gasteiger charge is 2.35. The van der Waals surface area contributed by atoms with Crippen molar-refractivity contribution >= 4 is 27.9 Å². The summed E-state index contributed by atoms with van der Waals surface area (Å²) in [5.74, 6) is -0.205. The Labute approximate surface area is 268 Å². The lowest BCUT2D eigenvalue weighted by atomic mass is 9.78. The highest BCUT2D eigenvalue weighted by molar-refractivity contribution is 5.79. The minimum atomic E-state index is -4.49. The summed E-state index contributed by atoms with van der Waals surface area (Å²) in [5, 5.41) is 11.1. The lowest BCUT2D eigenvalue weighted by molar-refractivity contribution is -0.143. The first-order chi connectivity index (χ1) is 22.7. The SMILES string of the molecule is O=C(O)C1CCCCC1c1nc2cc(OCc3ccc4ccccc4n3)ccc2n1Cc1ccc(-c2ccc(C(F)(F)F)nc2)cc1. The fourth-order valence-corrected chi connectivity index (χ4v) is 6.47. The standard InChI is InChI=1S/C37H31F3N4O3/c38-37(39,40)34-18-14-26(20-41-34)24-11-9-23(10-12-24)21-44-33-17-16-28(47-22-27-15-13-25-5-1-4-8-31(25)42-27)19-32(33)43-35(44)29-6-2-3-7-30(29)36(45)46/h1,4-5,8-20,29-30H,2-3,6-7,21-22H2,(H,45,46). The van der Waals surface area contributed by atoms with Gasteiger partial charge in [-0.05, 0) is 54.3 Å². The number of fused-ring (bicyclic) bond motifs is 2. The van der Waals surface area contributed by atoms with Crippen LogP contribution in [-0.2, 0) is 24.1 Å². The number of carboxylic acids is 1. The molecule has 238 valence electrons. The fraction of sp³-hybridized carbons (Fsp3) is 0.243. The molecule has 3 heterocycles. The van der Waals surface area contributed by atoms with Gasteiger partial charge in [0, 0.05) is 35.7 Å². The Balaban J connectivity index is 1.18. The second kappa shape index (κ2) is 12.5. The van der Waals surface area contributed by atoms with Crippen molar-refractivity contribution in [1.82, 2.24) is 19.5 Å². The number of para-hydroxylation sites is 1. The number of carboxylic acid groups (broad SMARTS) is 1. The van der Waals surface area contributed by atoms with E-state index in [0.717, 1.165) is 64.4 Å². The van der Waals surface area contributed by atoms with Crippen LogP contribution in [0.5, 0.6) is 5.75 Å². The molecule has 0 spiro atoms. The number of nitrogens with zero attached hydrogens (tertiary/aromatic N) is 4. The minimum Gasteiger partial charge on any atom is -0.487 e. The summed E-state index contributed by atoms with van der Waals surface area (Å²) in [5.41, 5.74) is 4.61. The molecule has 3 aromatic heterocycles. The van der Waals surface area contributed by atoms with E-state index in [1.807, 2.05) is 78.9 Å². The molecule has 0 radical (unpaired) electrons. The van der Waals surface area contributed by atoms with Gasteiger partial charge in [-0.15, -0.1) is 0 Å². The van der Waals surface area contributed by atoms with E-state index in [1.165, 1.54) is 12.3 Å². The first-order valence-corrected chi connectivity index (χ1v) is 15.6. The number of alkyl halides is 3. The molecular weight excluding hydrogens is 605 g/mol. The van der Waals surface area contributed by atoms with Gasteiger partial charge in [0.05, 0.1) is 28.2 Å². The maximum absolute atomic E-state index is 13.0. The first kappa shape index (κ1) is 30.4. The molecule has 2 atom stereocenters. The molecule has 1 N–H and O–H groups in total. The number of imidazole rings is 1. The van der Waals surface area contributed by atoms with Crippen molar-refractivity contribution in [2.45, 2.75) is 50.9 Å². The molecule has 6 aromatic rings. The molecule has 3 aromatic carbocycles. The third-order valence-electron chi connectivity index (χ3n) is 8.89. The highest BCUT2D eigenvalue weighted by atomic mass is 19.4. The summed E-state index contributed by atoms with van der Waals surface area (Å²) in [6.07, 6.45) is -0.129. The van der Waals surface area contributed by atoms with E-state index in [9.17, 15) is 23.1 Å². The van der Waals surface area contributed by atoms with Gasteiger partial charge in [-0.3, -0.25) is 9.78 Å². The van der Waals surface area contributed by atoms with Crippen LogP contribution in [0.2, 0.25) is 0 Å². The quantitative estimate of drug-likeness (QED) is 0.180. The number of ether oxygens (including phenoxy) is 1. The number of aliphatic carboxylic acids is 1. The van der Waals surface area contributed by atoms with Crippen molar-refractivity contribution in [3.05, 3.63) is 120 Å². The van der Waals surface area contributed by atoms with Crippen LogP contribution in [0.1, 0.15) is 54.4 Å². The third kappa shape index (κ3) is 6.40. The number of carbonyl (C=O) groups is 1. The van der Waals surface area contributed by atoms with Crippen LogP contribution in [0.4, 0.5) is 13.2 Å². The second-order valence-electron chi connectivity index (χ2n) is 12.0.